The molecule has 2 heteroatoms. The summed E-state index contributed by atoms with van der Waals surface area (Å²) in [5, 5.41) is 16.3. The number of phenolic OH excluding ortho intramolecular Hbond substituents is 1. The molecule has 2 nitrogen and oxygen atoms in total. The number of hydrogen-bond acceptors (Lipinski definition) is 2. The second kappa shape index (κ2) is 6.48. The van der Waals surface area contributed by atoms with Crippen LogP contribution in [0.25, 0.3) is 10.8 Å². The third-order valence-corrected chi connectivity index (χ3v) is 4.99. The molecule has 112 valence electrons. The summed E-state index contributed by atoms with van der Waals surface area (Å²) in [4.78, 5) is 0. The van der Waals surface area contributed by atoms with Gasteiger partial charge in [-0.05, 0) is 35.6 Å². The molecule has 3 rings (SSSR count). The molecule has 1 fully saturated rings. The second-order valence-electron chi connectivity index (χ2n) is 6.22. The fourth-order valence-electron chi connectivity index (χ4n) is 3.71. The number of aromatic hydroxyl groups is 1. The minimum Gasteiger partial charge on any atom is -0.508 e. The highest BCUT2D eigenvalue weighted by molar-refractivity contribution is 5.87. The Morgan fingerprint density at radius 1 is 1.10 bits per heavy atom. The van der Waals surface area contributed by atoms with E-state index in [1.165, 1.54) is 37.5 Å². The highest BCUT2D eigenvalue weighted by atomic mass is 16.3. The molecule has 0 amide bonds. The maximum Gasteiger partial charge on any atom is 0.120 e. The summed E-state index contributed by atoms with van der Waals surface area (Å²) in [7, 11) is 0. The van der Waals surface area contributed by atoms with Crippen LogP contribution in [0.2, 0.25) is 0 Å². The molecule has 1 aliphatic rings. The number of hydrogen-bond donors (Lipinski definition) is 2. The fraction of sp³-hybridized carbons (Fsp3) is 0.474. The van der Waals surface area contributed by atoms with Gasteiger partial charge in [-0.25, -0.2) is 0 Å². The number of phenols is 1. The Hall–Kier alpha value is -1.54. The van der Waals surface area contributed by atoms with E-state index in [2.05, 4.69) is 24.4 Å². The van der Waals surface area contributed by atoms with Crippen LogP contribution < -0.4 is 5.32 Å². The molecule has 2 atom stereocenters. The molecule has 2 aromatic rings. The monoisotopic (exact) mass is 283 g/mol. The van der Waals surface area contributed by atoms with Crippen LogP contribution in [0.1, 0.15) is 44.6 Å². The van der Waals surface area contributed by atoms with Crippen LogP contribution in [0.3, 0.4) is 0 Å². The zero-order valence-corrected chi connectivity index (χ0v) is 12.8. The van der Waals surface area contributed by atoms with Crippen LogP contribution in [0.4, 0.5) is 0 Å². The summed E-state index contributed by atoms with van der Waals surface area (Å²) < 4.78 is 0. The summed E-state index contributed by atoms with van der Waals surface area (Å²) in [6.07, 6.45) is 6.56. The van der Waals surface area contributed by atoms with Gasteiger partial charge in [0.15, 0.2) is 0 Å². The van der Waals surface area contributed by atoms with Gasteiger partial charge in [-0.15, -0.1) is 0 Å². The van der Waals surface area contributed by atoms with Gasteiger partial charge in [0.1, 0.15) is 5.75 Å². The zero-order chi connectivity index (χ0) is 14.7. The summed E-state index contributed by atoms with van der Waals surface area (Å²) in [6.45, 7) is 3.05. The van der Waals surface area contributed by atoms with Gasteiger partial charge < -0.3 is 10.4 Å². The van der Waals surface area contributed by atoms with Gasteiger partial charge in [0, 0.05) is 18.2 Å². The minimum atomic E-state index is 0.407. The summed E-state index contributed by atoms with van der Waals surface area (Å²) >= 11 is 0. The van der Waals surface area contributed by atoms with E-state index in [1.54, 1.807) is 0 Å². The van der Waals surface area contributed by atoms with E-state index in [1.807, 2.05) is 24.3 Å². The van der Waals surface area contributed by atoms with E-state index in [4.69, 9.17) is 0 Å². The largest absolute Gasteiger partial charge is 0.508 e. The number of benzene rings is 2. The average molecular weight is 283 g/mol. The topological polar surface area (TPSA) is 32.3 Å². The molecule has 2 aromatic carbocycles. The Morgan fingerprint density at radius 2 is 1.90 bits per heavy atom. The first kappa shape index (κ1) is 14.4. The van der Waals surface area contributed by atoms with Crippen molar-refractivity contribution in [3.8, 4) is 5.75 Å². The van der Waals surface area contributed by atoms with Gasteiger partial charge in [-0.3, -0.25) is 0 Å². The first-order valence-electron chi connectivity index (χ1n) is 8.22. The molecular weight excluding hydrogens is 258 g/mol. The van der Waals surface area contributed by atoms with Gasteiger partial charge in [0.05, 0.1) is 0 Å². The molecule has 0 aliphatic heterocycles. The third kappa shape index (κ3) is 3.06. The number of rotatable bonds is 4. The predicted octanol–water partition coefficient (Wildman–Crippen LogP) is 4.60. The van der Waals surface area contributed by atoms with Crippen LogP contribution in [-0.2, 0) is 6.54 Å². The standard InChI is InChI=1S/C19H25NO/c1-2-14-7-4-6-10-18(14)20-13-17-16-9-5-3-8-15(16)11-12-19(17)21/h3,5,8-9,11-12,14,18,20-21H,2,4,6-7,10,13H2,1H3. The molecule has 2 N–H and O–H groups in total. The van der Waals surface area contributed by atoms with Crippen molar-refractivity contribution >= 4 is 10.8 Å². The quantitative estimate of drug-likeness (QED) is 0.859. The van der Waals surface area contributed by atoms with Crippen LogP contribution in [-0.4, -0.2) is 11.1 Å². The highest BCUT2D eigenvalue weighted by Gasteiger charge is 2.23. The molecule has 0 heterocycles. The van der Waals surface area contributed by atoms with Crippen molar-refractivity contribution in [1.82, 2.24) is 5.32 Å². The summed E-state index contributed by atoms with van der Waals surface area (Å²) in [6, 6.07) is 12.7. The van der Waals surface area contributed by atoms with E-state index in [9.17, 15) is 5.11 Å². The minimum absolute atomic E-state index is 0.407. The van der Waals surface area contributed by atoms with Crippen molar-refractivity contribution in [2.75, 3.05) is 0 Å². The van der Waals surface area contributed by atoms with Gasteiger partial charge in [-0.1, -0.05) is 56.5 Å². The smallest absolute Gasteiger partial charge is 0.120 e. The Morgan fingerprint density at radius 3 is 2.76 bits per heavy atom. The molecule has 0 spiro atoms. The predicted molar refractivity (Wildman–Crippen MR) is 88.5 cm³/mol. The van der Waals surface area contributed by atoms with Crippen LogP contribution in [0.5, 0.6) is 5.75 Å². The summed E-state index contributed by atoms with van der Waals surface area (Å²) in [5.41, 5.74) is 1.04. The Balaban J connectivity index is 1.80. The second-order valence-corrected chi connectivity index (χ2v) is 6.22. The Labute approximate surface area is 127 Å². The van der Waals surface area contributed by atoms with Gasteiger partial charge in [0.2, 0.25) is 0 Å². The van der Waals surface area contributed by atoms with Crippen LogP contribution in [0, 0.1) is 5.92 Å². The van der Waals surface area contributed by atoms with Gasteiger partial charge in [-0.2, -0.15) is 0 Å². The molecule has 2 unspecified atom stereocenters. The van der Waals surface area contributed by atoms with Crippen molar-refractivity contribution in [2.24, 2.45) is 5.92 Å². The lowest BCUT2D eigenvalue weighted by atomic mass is 9.83. The molecule has 21 heavy (non-hydrogen) atoms. The lowest BCUT2D eigenvalue weighted by Crippen LogP contribution is -2.37. The van der Waals surface area contributed by atoms with Crippen molar-refractivity contribution in [1.29, 1.82) is 0 Å². The first-order valence-corrected chi connectivity index (χ1v) is 8.22. The molecule has 0 saturated heterocycles. The Bertz CT molecular complexity index is 608. The molecule has 1 saturated carbocycles. The molecule has 0 bridgehead atoms. The molecule has 0 aromatic heterocycles. The summed E-state index contributed by atoms with van der Waals surface area (Å²) in [5.74, 6) is 1.20. The van der Waals surface area contributed by atoms with Crippen LogP contribution >= 0.6 is 0 Å². The van der Waals surface area contributed by atoms with Gasteiger partial charge in [0.25, 0.3) is 0 Å². The number of nitrogens with one attached hydrogen (secondary N) is 1. The van der Waals surface area contributed by atoms with E-state index in [-0.39, 0.29) is 0 Å². The first-order chi connectivity index (χ1) is 10.3. The maximum atomic E-state index is 10.2. The van der Waals surface area contributed by atoms with Crippen molar-refractivity contribution in [2.45, 2.75) is 51.6 Å². The van der Waals surface area contributed by atoms with Crippen molar-refractivity contribution in [3.63, 3.8) is 0 Å². The molecule has 1 aliphatic carbocycles. The van der Waals surface area contributed by atoms with E-state index < -0.39 is 0 Å². The molecular formula is C19H25NO. The highest BCUT2D eigenvalue weighted by Crippen LogP contribution is 2.30. The SMILES string of the molecule is CCC1CCCCC1NCc1c(O)ccc2ccccc12. The molecule has 0 radical (unpaired) electrons. The zero-order valence-electron chi connectivity index (χ0n) is 12.8. The number of fused-ring (bicyclic) bond motifs is 1. The van der Waals surface area contributed by atoms with Crippen molar-refractivity contribution in [3.05, 3.63) is 42.0 Å². The normalized spacial score (nSPS) is 22.5. The lowest BCUT2D eigenvalue weighted by molar-refractivity contribution is 0.254. The van der Waals surface area contributed by atoms with E-state index in [0.717, 1.165) is 23.4 Å². The Kier molecular flexibility index (Phi) is 4.45. The third-order valence-electron chi connectivity index (χ3n) is 4.99. The van der Waals surface area contributed by atoms with Crippen molar-refractivity contribution < 1.29 is 5.11 Å². The van der Waals surface area contributed by atoms with Crippen LogP contribution in [0.15, 0.2) is 36.4 Å². The average Bonchev–Trinajstić information content (AvgIpc) is 2.54. The van der Waals surface area contributed by atoms with E-state index >= 15 is 0 Å². The maximum absolute atomic E-state index is 10.2. The van der Waals surface area contributed by atoms with Gasteiger partial charge >= 0.3 is 0 Å². The fourth-order valence-corrected chi connectivity index (χ4v) is 3.71. The van der Waals surface area contributed by atoms with E-state index in [0.29, 0.717) is 11.8 Å². The lowest BCUT2D eigenvalue weighted by Gasteiger charge is -2.32.